The van der Waals surface area contributed by atoms with E-state index in [1.165, 1.54) is 0 Å². The highest BCUT2D eigenvalue weighted by Gasteiger charge is 2.20. The van der Waals surface area contributed by atoms with Gasteiger partial charge in [-0.25, -0.2) is 0 Å². The predicted molar refractivity (Wildman–Crippen MR) is 77.9 cm³/mol. The molecule has 2 aromatic rings. The van der Waals surface area contributed by atoms with E-state index in [1.807, 2.05) is 6.07 Å². The SMILES string of the molecule is COCCN(Cc1ccoc1)C(=O)c1ccc2c(c1)OCO2. The van der Waals surface area contributed by atoms with Gasteiger partial charge < -0.3 is 23.5 Å². The molecule has 1 aromatic carbocycles. The van der Waals surface area contributed by atoms with Crippen molar-refractivity contribution in [3.05, 3.63) is 47.9 Å². The summed E-state index contributed by atoms with van der Waals surface area (Å²) in [5.74, 6) is 1.17. The summed E-state index contributed by atoms with van der Waals surface area (Å²) in [7, 11) is 1.61. The van der Waals surface area contributed by atoms with Gasteiger partial charge in [0.2, 0.25) is 6.79 Å². The first-order valence-corrected chi connectivity index (χ1v) is 6.97. The molecule has 0 saturated carbocycles. The number of rotatable bonds is 6. The zero-order chi connectivity index (χ0) is 15.4. The van der Waals surface area contributed by atoms with Crippen molar-refractivity contribution in [1.29, 1.82) is 0 Å². The van der Waals surface area contributed by atoms with Crippen LogP contribution in [0.2, 0.25) is 0 Å². The maximum Gasteiger partial charge on any atom is 0.254 e. The first kappa shape index (κ1) is 14.5. The van der Waals surface area contributed by atoms with E-state index in [1.54, 1.807) is 42.7 Å². The standard InChI is InChI=1S/C16H17NO5/c1-19-7-5-17(9-12-4-6-20-10-12)16(18)13-2-3-14-15(8-13)22-11-21-14/h2-4,6,8,10H,5,7,9,11H2,1H3. The second kappa shape index (κ2) is 6.53. The highest BCUT2D eigenvalue weighted by molar-refractivity contribution is 5.95. The van der Waals surface area contributed by atoms with Crippen LogP contribution in [0.25, 0.3) is 0 Å². The van der Waals surface area contributed by atoms with Gasteiger partial charge >= 0.3 is 0 Å². The summed E-state index contributed by atoms with van der Waals surface area (Å²) in [6.07, 6.45) is 3.22. The number of hydrogen-bond donors (Lipinski definition) is 0. The Morgan fingerprint density at radius 2 is 2.14 bits per heavy atom. The molecule has 116 valence electrons. The molecule has 0 N–H and O–H groups in total. The Balaban J connectivity index is 1.78. The van der Waals surface area contributed by atoms with Crippen LogP contribution in [0.1, 0.15) is 15.9 Å². The maximum absolute atomic E-state index is 12.7. The molecule has 0 saturated heterocycles. The number of benzene rings is 1. The second-order valence-electron chi connectivity index (χ2n) is 4.92. The van der Waals surface area contributed by atoms with Crippen LogP contribution in [-0.2, 0) is 11.3 Å². The summed E-state index contributed by atoms with van der Waals surface area (Å²) >= 11 is 0. The maximum atomic E-state index is 12.7. The lowest BCUT2D eigenvalue weighted by Crippen LogP contribution is -2.33. The molecule has 1 aliphatic heterocycles. The summed E-state index contributed by atoms with van der Waals surface area (Å²) < 4.78 is 20.7. The minimum absolute atomic E-state index is 0.0865. The Bertz CT molecular complexity index is 638. The molecule has 2 heterocycles. The number of fused-ring (bicyclic) bond motifs is 1. The third kappa shape index (κ3) is 3.07. The molecule has 1 aliphatic rings. The van der Waals surface area contributed by atoms with Gasteiger partial charge in [-0.3, -0.25) is 4.79 Å². The van der Waals surface area contributed by atoms with E-state index < -0.39 is 0 Å². The van der Waals surface area contributed by atoms with E-state index in [0.717, 1.165) is 5.56 Å². The van der Waals surface area contributed by atoms with Crippen LogP contribution in [0, 0.1) is 0 Å². The number of hydrogen-bond acceptors (Lipinski definition) is 5. The zero-order valence-corrected chi connectivity index (χ0v) is 12.3. The van der Waals surface area contributed by atoms with E-state index >= 15 is 0 Å². The Morgan fingerprint density at radius 1 is 1.27 bits per heavy atom. The number of furan rings is 1. The number of carbonyl (C=O) groups excluding carboxylic acids is 1. The largest absolute Gasteiger partial charge is 0.472 e. The lowest BCUT2D eigenvalue weighted by Gasteiger charge is -2.22. The number of methoxy groups -OCH3 is 1. The van der Waals surface area contributed by atoms with Crippen molar-refractivity contribution in [2.75, 3.05) is 27.1 Å². The van der Waals surface area contributed by atoms with Gasteiger partial charge in [0.25, 0.3) is 5.91 Å². The van der Waals surface area contributed by atoms with Gasteiger partial charge in [0.05, 0.1) is 19.1 Å². The lowest BCUT2D eigenvalue weighted by atomic mass is 10.1. The first-order chi connectivity index (χ1) is 10.8. The third-order valence-corrected chi connectivity index (χ3v) is 3.43. The van der Waals surface area contributed by atoms with Crippen molar-refractivity contribution in [3.63, 3.8) is 0 Å². The third-order valence-electron chi connectivity index (χ3n) is 3.43. The van der Waals surface area contributed by atoms with Gasteiger partial charge in [-0.05, 0) is 24.3 Å². The van der Waals surface area contributed by atoms with Crippen LogP contribution in [0.3, 0.4) is 0 Å². The van der Waals surface area contributed by atoms with Crippen LogP contribution < -0.4 is 9.47 Å². The summed E-state index contributed by atoms with van der Waals surface area (Å²) in [6, 6.07) is 7.04. The molecule has 6 heteroatoms. The van der Waals surface area contributed by atoms with Crippen molar-refractivity contribution >= 4 is 5.91 Å². The monoisotopic (exact) mass is 303 g/mol. The van der Waals surface area contributed by atoms with E-state index in [9.17, 15) is 4.79 Å². The fourth-order valence-corrected chi connectivity index (χ4v) is 2.27. The Kier molecular flexibility index (Phi) is 4.29. The van der Waals surface area contributed by atoms with Gasteiger partial charge in [0.1, 0.15) is 0 Å². The normalized spacial score (nSPS) is 12.4. The van der Waals surface area contributed by atoms with E-state index in [0.29, 0.717) is 36.8 Å². The number of nitrogens with zero attached hydrogens (tertiary/aromatic N) is 1. The first-order valence-electron chi connectivity index (χ1n) is 6.97. The van der Waals surface area contributed by atoms with Crippen molar-refractivity contribution in [2.24, 2.45) is 0 Å². The summed E-state index contributed by atoms with van der Waals surface area (Å²) in [6.45, 7) is 1.62. The molecular weight excluding hydrogens is 286 g/mol. The number of carbonyl (C=O) groups is 1. The Labute approximate surface area is 128 Å². The molecule has 6 nitrogen and oxygen atoms in total. The van der Waals surface area contributed by atoms with Gasteiger partial charge in [-0.1, -0.05) is 0 Å². The van der Waals surface area contributed by atoms with Crippen molar-refractivity contribution in [3.8, 4) is 11.5 Å². The molecule has 1 amide bonds. The molecule has 0 aliphatic carbocycles. The fourth-order valence-electron chi connectivity index (χ4n) is 2.27. The predicted octanol–water partition coefficient (Wildman–Crippen LogP) is 2.30. The minimum Gasteiger partial charge on any atom is -0.472 e. The van der Waals surface area contributed by atoms with Gasteiger partial charge in [-0.15, -0.1) is 0 Å². The van der Waals surface area contributed by atoms with Gasteiger partial charge in [0.15, 0.2) is 11.5 Å². The molecule has 0 fully saturated rings. The van der Waals surface area contributed by atoms with Gasteiger partial charge in [0, 0.05) is 31.3 Å². The Morgan fingerprint density at radius 3 is 2.91 bits per heavy atom. The Hall–Kier alpha value is -2.47. The summed E-state index contributed by atoms with van der Waals surface area (Å²) in [4.78, 5) is 14.4. The molecule has 0 atom stereocenters. The highest BCUT2D eigenvalue weighted by atomic mass is 16.7. The molecule has 0 bridgehead atoms. The van der Waals surface area contributed by atoms with E-state index in [2.05, 4.69) is 0 Å². The summed E-state index contributed by atoms with van der Waals surface area (Å²) in [5.41, 5.74) is 1.49. The molecule has 0 unspecified atom stereocenters. The van der Waals surface area contributed by atoms with E-state index in [-0.39, 0.29) is 12.7 Å². The zero-order valence-electron chi connectivity index (χ0n) is 12.3. The quantitative estimate of drug-likeness (QED) is 0.819. The number of ether oxygens (including phenoxy) is 3. The van der Waals surface area contributed by atoms with Crippen molar-refractivity contribution < 1.29 is 23.4 Å². The summed E-state index contributed by atoms with van der Waals surface area (Å²) in [5, 5.41) is 0. The van der Waals surface area contributed by atoms with Gasteiger partial charge in [-0.2, -0.15) is 0 Å². The molecule has 1 aromatic heterocycles. The van der Waals surface area contributed by atoms with Crippen molar-refractivity contribution in [1.82, 2.24) is 4.90 Å². The number of amides is 1. The van der Waals surface area contributed by atoms with Crippen LogP contribution in [0.15, 0.2) is 41.2 Å². The van der Waals surface area contributed by atoms with Crippen molar-refractivity contribution in [2.45, 2.75) is 6.54 Å². The molecule has 0 radical (unpaired) electrons. The van der Waals surface area contributed by atoms with Crippen LogP contribution >= 0.6 is 0 Å². The highest BCUT2D eigenvalue weighted by Crippen LogP contribution is 2.32. The molecule has 3 rings (SSSR count). The average molecular weight is 303 g/mol. The minimum atomic E-state index is -0.0865. The average Bonchev–Trinajstić information content (AvgIpc) is 3.21. The molecule has 0 spiro atoms. The smallest absolute Gasteiger partial charge is 0.254 e. The van der Waals surface area contributed by atoms with Crippen LogP contribution in [0.5, 0.6) is 11.5 Å². The fraction of sp³-hybridized carbons (Fsp3) is 0.312. The van der Waals surface area contributed by atoms with Crippen LogP contribution in [0.4, 0.5) is 0 Å². The lowest BCUT2D eigenvalue weighted by molar-refractivity contribution is 0.0679. The van der Waals surface area contributed by atoms with E-state index in [4.69, 9.17) is 18.6 Å². The molecule has 22 heavy (non-hydrogen) atoms. The van der Waals surface area contributed by atoms with Crippen LogP contribution in [-0.4, -0.2) is 37.9 Å². The topological polar surface area (TPSA) is 61.1 Å². The second-order valence-corrected chi connectivity index (χ2v) is 4.92. The molecular formula is C16H17NO5.